The fourth-order valence-electron chi connectivity index (χ4n) is 6.70. The summed E-state index contributed by atoms with van der Waals surface area (Å²) in [7, 11) is 0. The van der Waals surface area contributed by atoms with Gasteiger partial charge >= 0.3 is 0 Å². The normalized spacial score (nSPS) is 30.9. The Labute approximate surface area is 218 Å². The van der Waals surface area contributed by atoms with E-state index >= 15 is 0 Å². The topological polar surface area (TPSA) is 104 Å². The smallest absolute Gasteiger partial charge is 0.198 e. The zero-order valence-corrected chi connectivity index (χ0v) is 22.2. The van der Waals surface area contributed by atoms with E-state index in [0.717, 1.165) is 5.57 Å². The highest BCUT2D eigenvalue weighted by Crippen LogP contribution is 2.55. The standard InChI is InChI=1S/C31H36O6/c1-14(2)31(6)12-20-23(21(13-31)37-18-10-16(4)26(32)17(5)11-18)30(36)25-24(28(20)34)27(33)19-9-7-8-15(3)22(19)29(25)35/h7-9,16-18,21,26,32,34,36H,1,10-13H2,2-6H3/t16?,17?,18?,21?,26?,31-/m1/s1. The summed E-state index contributed by atoms with van der Waals surface area (Å²) in [5.41, 5.74) is 2.16. The molecule has 1 fully saturated rings. The zero-order valence-electron chi connectivity index (χ0n) is 22.2. The number of aliphatic hydroxyl groups excluding tert-OH is 1. The van der Waals surface area contributed by atoms with Crippen molar-refractivity contribution in [3.05, 3.63) is 69.3 Å². The van der Waals surface area contributed by atoms with E-state index in [1.165, 1.54) is 0 Å². The molecule has 0 aromatic heterocycles. The molecule has 1 saturated carbocycles. The first-order chi connectivity index (χ1) is 17.4. The first-order valence-electron chi connectivity index (χ1n) is 13.1. The van der Waals surface area contributed by atoms with Gasteiger partial charge in [0.1, 0.15) is 11.5 Å². The highest BCUT2D eigenvalue weighted by atomic mass is 16.5. The number of carbonyl (C=O) groups excluding carboxylic acids is 2. The van der Waals surface area contributed by atoms with Crippen molar-refractivity contribution in [2.75, 3.05) is 0 Å². The van der Waals surface area contributed by atoms with Gasteiger partial charge in [-0.1, -0.05) is 51.1 Å². The summed E-state index contributed by atoms with van der Waals surface area (Å²) in [6, 6.07) is 5.06. The van der Waals surface area contributed by atoms with Crippen LogP contribution in [0.3, 0.4) is 0 Å². The van der Waals surface area contributed by atoms with Crippen molar-refractivity contribution in [2.45, 2.75) is 78.6 Å². The lowest BCUT2D eigenvalue weighted by molar-refractivity contribution is -0.0987. The van der Waals surface area contributed by atoms with Gasteiger partial charge in [-0.3, -0.25) is 9.59 Å². The maximum atomic E-state index is 13.7. The van der Waals surface area contributed by atoms with E-state index in [0.29, 0.717) is 42.4 Å². The second-order valence-corrected chi connectivity index (χ2v) is 11.9. The van der Waals surface area contributed by atoms with Gasteiger partial charge in [0.2, 0.25) is 0 Å². The van der Waals surface area contributed by atoms with E-state index in [9.17, 15) is 24.9 Å². The van der Waals surface area contributed by atoms with E-state index in [4.69, 9.17) is 4.74 Å². The van der Waals surface area contributed by atoms with E-state index in [-0.39, 0.29) is 51.7 Å². The summed E-state index contributed by atoms with van der Waals surface area (Å²) < 4.78 is 6.66. The molecule has 0 radical (unpaired) electrons. The third-order valence-corrected chi connectivity index (χ3v) is 9.14. The number of hydrogen-bond donors (Lipinski definition) is 3. The van der Waals surface area contributed by atoms with Crippen LogP contribution in [0.2, 0.25) is 0 Å². The molecule has 5 rings (SSSR count). The molecule has 0 aliphatic heterocycles. The minimum Gasteiger partial charge on any atom is -0.507 e. The van der Waals surface area contributed by atoms with Crippen LogP contribution in [0.25, 0.3) is 0 Å². The number of rotatable bonds is 3. The molecule has 2 aromatic rings. The molecule has 0 heterocycles. The molecule has 0 saturated heterocycles. The molecule has 0 bridgehead atoms. The third kappa shape index (κ3) is 3.84. The third-order valence-electron chi connectivity index (χ3n) is 9.14. The zero-order chi connectivity index (χ0) is 27.0. The summed E-state index contributed by atoms with van der Waals surface area (Å²) in [6.07, 6.45) is 1.06. The van der Waals surface area contributed by atoms with Crippen molar-refractivity contribution in [1.82, 2.24) is 0 Å². The Balaban J connectivity index is 1.68. The largest absolute Gasteiger partial charge is 0.507 e. The van der Waals surface area contributed by atoms with Crippen LogP contribution >= 0.6 is 0 Å². The second-order valence-electron chi connectivity index (χ2n) is 11.9. The summed E-state index contributed by atoms with van der Waals surface area (Å²) in [5.74, 6) is -1.33. The number of carbonyl (C=O) groups is 2. The van der Waals surface area contributed by atoms with Crippen LogP contribution in [0.4, 0.5) is 0 Å². The Hall–Kier alpha value is -2.96. The van der Waals surface area contributed by atoms with Crippen molar-refractivity contribution < 1.29 is 29.6 Å². The van der Waals surface area contributed by atoms with E-state index in [2.05, 4.69) is 6.58 Å². The fourth-order valence-corrected chi connectivity index (χ4v) is 6.70. The maximum Gasteiger partial charge on any atom is 0.198 e. The number of allylic oxidation sites excluding steroid dienone is 1. The van der Waals surface area contributed by atoms with Crippen LogP contribution in [0.15, 0.2) is 30.4 Å². The van der Waals surface area contributed by atoms with Crippen LogP contribution in [0.5, 0.6) is 11.5 Å². The summed E-state index contributed by atoms with van der Waals surface area (Å²) in [4.78, 5) is 27.2. The fraction of sp³-hybridized carbons (Fsp3) is 0.484. The van der Waals surface area contributed by atoms with Gasteiger partial charge in [-0.15, -0.1) is 0 Å². The van der Waals surface area contributed by atoms with Crippen LogP contribution in [-0.2, 0) is 11.2 Å². The second kappa shape index (κ2) is 8.81. The van der Waals surface area contributed by atoms with Gasteiger partial charge in [-0.2, -0.15) is 0 Å². The van der Waals surface area contributed by atoms with Gasteiger partial charge in [0, 0.05) is 22.3 Å². The number of ketones is 2. The van der Waals surface area contributed by atoms with Crippen molar-refractivity contribution in [2.24, 2.45) is 17.3 Å². The number of aryl methyl sites for hydroxylation is 1. The Bertz CT molecular complexity index is 1330. The highest BCUT2D eigenvalue weighted by Gasteiger charge is 2.46. The van der Waals surface area contributed by atoms with Gasteiger partial charge < -0.3 is 20.1 Å². The van der Waals surface area contributed by atoms with Crippen LogP contribution in [0, 0.1) is 24.2 Å². The average molecular weight is 505 g/mol. The van der Waals surface area contributed by atoms with E-state index < -0.39 is 29.2 Å². The van der Waals surface area contributed by atoms with Crippen molar-refractivity contribution >= 4 is 11.6 Å². The molecule has 0 spiro atoms. The predicted octanol–water partition coefficient (Wildman–Crippen LogP) is 5.56. The van der Waals surface area contributed by atoms with Crippen molar-refractivity contribution in [3.8, 4) is 11.5 Å². The molecule has 0 amide bonds. The monoisotopic (exact) mass is 504 g/mol. The molecule has 3 aliphatic rings. The van der Waals surface area contributed by atoms with E-state index in [1.54, 1.807) is 25.1 Å². The first-order valence-corrected chi connectivity index (χ1v) is 13.1. The number of benzene rings is 2. The van der Waals surface area contributed by atoms with Gasteiger partial charge in [0.15, 0.2) is 11.6 Å². The number of aliphatic hydroxyl groups is 1. The van der Waals surface area contributed by atoms with Gasteiger partial charge in [-0.25, -0.2) is 0 Å². The Morgan fingerprint density at radius 3 is 2.27 bits per heavy atom. The number of phenolic OH excluding ortho intramolecular Hbond substituents is 2. The molecular weight excluding hydrogens is 468 g/mol. The molecular formula is C31H36O6. The van der Waals surface area contributed by atoms with E-state index in [1.807, 2.05) is 27.7 Å². The number of aromatic hydroxyl groups is 2. The van der Waals surface area contributed by atoms with Crippen LogP contribution < -0.4 is 0 Å². The summed E-state index contributed by atoms with van der Waals surface area (Å²) in [6.45, 7) is 13.9. The number of fused-ring (bicyclic) bond motifs is 3. The van der Waals surface area contributed by atoms with Crippen LogP contribution in [-0.4, -0.2) is 39.1 Å². The molecule has 196 valence electrons. The first kappa shape index (κ1) is 25.7. The Morgan fingerprint density at radius 2 is 1.65 bits per heavy atom. The average Bonchev–Trinajstić information content (AvgIpc) is 2.82. The molecule has 3 unspecified atom stereocenters. The minimum absolute atomic E-state index is 0.0635. The van der Waals surface area contributed by atoms with Gasteiger partial charge in [0.05, 0.1) is 29.4 Å². The summed E-state index contributed by atoms with van der Waals surface area (Å²) >= 11 is 0. The van der Waals surface area contributed by atoms with Crippen molar-refractivity contribution in [1.29, 1.82) is 0 Å². The number of hydrogen-bond acceptors (Lipinski definition) is 6. The lowest BCUT2D eigenvalue weighted by Gasteiger charge is -2.44. The highest BCUT2D eigenvalue weighted by molar-refractivity contribution is 6.31. The van der Waals surface area contributed by atoms with Crippen molar-refractivity contribution in [3.63, 3.8) is 0 Å². The van der Waals surface area contributed by atoms with Gasteiger partial charge in [-0.05, 0) is 62.3 Å². The number of phenols is 2. The molecule has 4 atom stereocenters. The molecule has 3 N–H and O–H groups in total. The Kier molecular flexibility index (Phi) is 6.12. The maximum absolute atomic E-state index is 13.7. The lowest BCUT2D eigenvalue weighted by Crippen LogP contribution is -2.40. The molecule has 6 heteroatoms. The molecule has 37 heavy (non-hydrogen) atoms. The molecule has 3 aliphatic carbocycles. The lowest BCUT2D eigenvalue weighted by atomic mass is 9.66. The Morgan fingerprint density at radius 1 is 1.03 bits per heavy atom. The van der Waals surface area contributed by atoms with Gasteiger partial charge in [0.25, 0.3) is 0 Å². The summed E-state index contributed by atoms with van der Waals surface area (Å²) in [5, 5.41) is 33.6. The predicted molar refractivity (Wildman–Crippen MR) is 140 cm³/mol. The quantitative estimate of drug-likeness (QED) is 0.319. The minimum atomic E-state index is -0.609. The SMILES string of the molecule is C=C(C)[C@]1(C)Cc2c(O)c3c(c(O)c2C(OC2CC(C)C(O)C(C)C2)C1)C(=O)c1c(C)cccc1C3=O. The molecule has 2 aromatic carbocycles. The van der Waals surface area contributed by atoms with Crippen LogP contribution in [0.1, 0.15) is 102 Å². The number of ether oxygens (including phenoxy) is 1. The molecule has 6 nitrogen and oxygen atoms in total.